The topological polar surface area (TPSA) is 105 Å². The van der Waals surface area contributed by atoms with Crippen molar-refractivity contribution in [3.8, 4) is 0 Å². The van der Waals surface area contributed by atoms with Gasteiger partial charge in [-0.25, -0.2) is 0 Å². The summed E-state index contributed by atoms with van der Waals surface area (Å²) in [5, 5.41) is 5.56. The van der Waals surface area contributed by atoms with Gasteiger partial charge in [-0.3, -0.25) is 14.4 Å². The van der Waals surface area contributed by atoms with Gasteiger partial charge in [0.25, 0.3) is 5.91 Å². The summed E-state index contributed by atoms with van der Waals surface area (Å²) in [6.45, 7) is 3.21. The maximum Gasteiger partial charge on any atom is 0.255 e. The lowest BCUT2D eigenvalue weighted by atomic mass is 10.1. The molecule has 0 bridgehead atoms. The molecule has 2 aromatic rings. The molecule has 146 valence electrons. The van der Waals surface area contributed by atoms with Gasteiger partial charge in [-0.2, -0.15) is 0 Å². The Morgan fingerprint density at radius 2 is 1.68 bits per heavy atom. The molecule has 2 aromatic carbocycles. The third kappa shape index (κ3) is 4.68. The average molecular weight is 380 g/mol. The number of hydrogen-bond acceptors (Lipinski definition) is 4. The number of piperidine rings is 1. The number of anilines is 3. The monoisotopic (exact) mass is 380 g/mol. The van der Waals surface area contributed by atoms with Gasteiger partial charge in [0.1, 0.15) is 0 Å². The highest BCUT2D eigenvalue weighted by molar-refractivity contribution is 6.07. The first-order valence-electron chi connectivity index (χ1n) is 9.32. The molecule has 0 saturated carbocycles. The van der Waals surface area contributed by atoms with Crippen molar-refractivity contribution in [1.29, 1.82) is 0 Å². The van der Waals surface area contributed by atoms with E-state index in [1.165, 1.54) is 13.3 Å². The van der Waals surface area contributed by atoms with Crippen molar-refractivity contribution in [2.24, 2.45) is 5.73 Å². The van der Waals surface area contributed by atoms with Gasteiger partial charge < -0.3 is 21.3 Å². The fourth-order valence-electron chi connectivity index (χ4n) is 3.34. The number of nitrogens with one attached hydrogen (secondary N) is 2. The highest BCUT2D eigenvalue weighted by Gasteiger charge is 2.18. The van der Waals surface area contributed by atoms with Crippen LogP contribution in [0.4, 0.5) is 17.1 Å². The van der Waals surface area contributed by atoms with E-state index >= 15 is 0 Å². The van der Waals surface area contributed by atoms with Gasteiger partial charge in [0.2, 0.25) is 11.8 Å². The van der Waals surface area contributed by atoms with Gasteiger partial charge >= 0.3 is 0 Å². The highest BCUT2D eigenvalue weighted by atomic mass is 16.2. The molecule has 0 aromatic heterocycles. The zero-order valence-electron chi connectivity index (χ0n) is 15.8. The molecule has 1 aliphatic heterocycles. The van der Waals surface area contributed by atoms with Crippen LogP contribution in [0.1, 0.15) is 46.9 Å². The molecule has 1 saturated heterocycles. The van der Waals surface area contributed by atoms with Crippen LogP contribution in [0.25, 0.3) is 0 Å². The fraction of sp³-hybridized carbons (Fsp3) is 0.286. The second-order valence-electron chi connectivity index (χ2n) is 6.86. The van der Waals surface area contributed by atoms with Gasteiger partial charge in [0, 0.05) is 36.8 Å². The summed E-state index contributed by atoms with van der Waals surface area (Å²) >= 11 is 0. The molecule has 0 atom stereocenters. The van der Waals surface area contributed by atoms with Crippen molar-refractivity contribution in [2.45, 2.75) is 26.2 Å². The van der Waals surface area contributed by atoms with E-state index < -0.39 is 5.91 Å². The van der Waals surface area contributed by atoms with Crippen LogP contribution in [0.3, 0.4) is 0 Å². The van der Waals surface area contributed by atoms with E-state index in [0.717, 1.165) is 31.6 Å². The number of benzene rings is 2. The van der Waals surface area contributed by atoms with Crippen molar-refractivity contribution < 1.29 is 14.4 Å². The standard InChI is InChI=1S/C21H24N4O3/c1-14(26)23-17-7-5-6-16(12-17)21(28)24-18-13-15(20(22)27)8-9-19(18)25-10-3-2-4-11-25/h5-9,12-13H,2-4,10-11H2,1H3,(H2,22,27)(H,23,26)(H,24,28). The van der Waals surface area contributed by atoms with Gasteiger partial charge in [-0.1, -0.05) is 6.07 Å². The smallest absolute Gasteiger partial charge is 0.255 e. The SMILES string of the molecule is CC(=O)Nc1cccc(C(=O)Nc2cc(C(N)=O)ccc2N2CCCCC2)c1. The molecule has 3 rings (SSSR count). The number of carbonyl (C=O) groups is 3. The van der Waals surface area contributed by atoms with E-state index in [0.29, 0.717) is 22.5 Å². The fourth-order valence-corrected chi connectivity index (χ4v) is 3.34. The Morgan fingerprint density at radius 3 is 2.36 bits per heavy atom. The summed E-state index contributed by atoms with van der Waals surface area (Å²) in [6, 6.07) is 11.8. The number of hydrogen-bond donors (Lipinski definition) is 3. The molecule has 4 N–H and O–H groups in total. The normalized spacial score (nSPS) is 13.7. The van der Waals surface area contributed by atoms with E-state index in [2.05, 4.69) is 15.5 Å². The maximum absolute atomic E-state index is 12.8. The Hall–Kier alpha value is -3.35. The van der Waals surface area contributed by atoms with E-state index in [-0.39, 0.29) is 11.8 Å². The zero-order chi connectivity index (χ0) is 20.1. The Labute approximate surface area is 163 Å². The number of nitrogens with zero attached hydrogens (tertiary/aromatic N) is 1. The molecule has 1 heterocycles. The minimum absolute atomic E-state index is 0.209. The lowest BCUT2D eigenvalue weighted by molar-refractivity contribution is -0.114. The molecule has 3 amide bonds. The molecule has 0 spiro atoms. The highest BCUT2D eigenvalue weighted by Crippen LogP contribution is 2.30. The zero-order valence-corrected chi connectivity index (χ0v) is 15.8. The van der Waals surface area contributed by atoms with Crippen LogP contribution in [0, 0.1) is 0 Å². The predicted molar refractivity (Wildman–Crippen MR) is 110 cm³/mol. The second-order valence-corrected chi connectivity index (χ2v) is 6.86. The summed E-state index contributed by atoms with van der Waals surface area (Å²) in [5.74, 6) is -1.08. The number of amides is 3. The summed E-state index contributed by atoms with van der Waals surface area (Å²) in [6.07, 6.45) is 3.36. The van der Waals surface area contributed by atoms with Crippen LogP contribution in [-0.2, 0) is 4.79 Å². The second kappa shape index (κ2) is 8.56. The average Bonchev–Trinajstić information content (AvgIpc) is 2.68. The Balaban J connectivity index is 1.89. The summed E-state index contributed by atoms with van der Waals surface area (Å²) < 4.78 is 0. The first-order chi connectivity index (χ1) is 13.4. The molecule has 1 fully saturated rings. The number of rotatable bonds is 5. The Kier molecular flexibility index (Phi) is 5.93. The number of primary amides is 1. The molecule has 0 unspecified atom stereocenters. The maximum atomic E-state index is 12.8. The molecular weight excluding hydrogens is 356 g/mol. The summed E-state index contributed by atoms with van der Waals surface area (Å²) in [5.41, 5.74) is 8.12. The number of nitrogens with two attached hydrogens (primary N) is 1. The quantitative estimate of drug-likeness (QED) is 0.742. The molecule has 7 heteroatoms. The van der Waals surface area contributed by atoms with Crippen molar-refractivity contribution >= 4 is 34.8 Å². The van der Waals surface area contributed by atoms with Gasteiger partial charge in [0.05, 0.1) is 11.4 Å². The van der Waals surface area contributed by atoms with Crippen LogP contribution in [0.15, 0.2) is 42.5 Å². The first-order valence-corrected chi connectivity index (χ1v) is 9.32. The van der Waals surface area contributed by atoms with Crippen molar-refractivity contribution in [3.05, 3.63) is 53.6 Å². The summed E-state index contributed by atoms with van der Waals surface area (Å²) in [4.78, 5) is 37.9. The van der Waals surface area contributed by atoms with Crippen molar-refractivity contribution in [3.63, 3.8) is 0 Å². The van der Waals surface area contributed by atoms with Crippen LogP contribution in [0.2, 0.25) is 0 Å². The van der Waals surface area contributed by atoms with Gasteiger partial charge in [0.15, 0.2) is 0 Å². The lowest BCUT2D eigenvalue weighted by Crippen LogP contribution is -2.30. The molecule has 7 nitrogen and oxygen atoms in total. The predicted octanol–water partition coefficient (Wildman–Crippen LogP) is 2.99. The van der Waals surface area contributed by atoms with E-state index in [9.17, 15) is 14.4 Å². The minimum atomic E-state index is -0.548. The Morgan fingerprint density at radius 1 is 0.929 bits per heavy atom. The van der Waals surface area contributed by atoms with Crippen LogP contribution >= 0.6 is 0 Å². The van der Waals surface area contributed by atoms with Crippen LogP contribution in [0.5, 0.6) is 0 Å². The van der Waals surface area contributed by atoms with Crippen LogP contribution < -0.4 is 21.3 Å². The third-order valence-electron chi connectivity index (χ3n) is 4.67. The van der Waals surface area contributed by atoms with Crippen molar-refractivity contribution in [2.75, 3.05) is 28.6 Å². The Bertz CT molecular complexity index is 904. The largest absolute Gasteiger partial charge is 0.370 e. The molecule has 28 heavy (non-hydrogen) atoms. The molecular formula is C21H24N4O3. The molecule has 0 radical (unpaired) electrons. The molecule has 0 aliphatic carbocycles. The minimum Gasteiger partial charge on any atom is -0.370 e. The van der Waals surface area contributed by atoms with Gasteiger partial charge in [-0.15, -0.1) is 0 Å². The van der Waals surface area contributed by atoms with Gasteiger partial charge in [-0.05, 0) is 55.7 Å². The van der Waals surface area contributed by atoms with Crippen molar-refractivity contribution in [1.82, 2.24) is 0 Å². The van der Waals surface area contributed by atoms with E-state index in [1.807, 2.05) is 6.07 Å². The molecule has 1 aliphatic rings. The van der Waals surface area contributed by atoms with E-state index in [4.69, 9.17) is 5.73 Å². The van der Waals surface area contributed by atoms with E-state index in [1.54, 1.807) is 36.4 Å². The first kappa shape index (κ1) is 19.4. The number of carbonyl (C=O) groups excluding carboxylic acids is 3. The van der Waals surface area contributed by atoms with Crippen LogP contribution in [-0.4, -0.2) is 30.8 Å². The third-order valence-corrected chi connectivity index (χ3v) is 4.67. The lowest BCUT2D eigenvalue weighted by Gasteiger charge is -2.30. The summed E-state index contributed by atoms with van der Waals surface area (Å²) in [7, 11) is 0.